The first-order valence-electron chi connectivity index (χ1n) is 3.59. The summed E-state index contributed by atoms with van der Waals surface area (Å²) in [6.07, 6.45) is 1.15. The molecule has 0 bridgehead atoms. The Morgan fingerprint density at radius 1 is 1.18 bits per heavy atom. The third kappa shape index (κ3) is 3.16. The molecule has 11 heavy (non-hydrogen) atoms. The van der Waals surface area contributed by atoms with E-state index in [4.69, 9.17) is 10.5 Å². The van der Waals surface area contributed by atoms with E-state index in [1.54, 1.807) is 0 Å². The molecule has 62 valence electrons. The Morgan fingerprint density at radius 2 is 1.73 bits per heavy atom. The van der Waals surface area contributed by atoms with Gasteiger partial charge in [-0.25, -0.2) is 0 Å². The average molecular weight is 154 g/mol. The number of hydrogen-bond donors (Lipinski definition) is 2. The summed E-state index contributed by atoms with van der Waals surface area (Å²) in [4.78, 5) is 0. The number of hydrogen-bond acceptors (Lipinski definition) is 2. The van der Waals surface area contributed by atoms with Crippen molar-refractivity contribution >= 4 is 0 Å². The zero-order valence-electron chi connectivity index (χ0n) is 6.91. The molecule has 0 spiro atoms. The second-order valence-corrected chi connectivity index (χ2v) is 2.28. The van der Waals surface area contributed by atoms with Crippen molar-refractivity contribution in [1.29, 1.82) is 0 Å². The number of benzene rings is 1. The zero-order chi connectivity index (χ0) is 8.69. The minimum atomic E-state index is 1.15. The molecule has 1 rings (SSSR count). The maximum absolute atomic E-state index is 6.00. The summed E-state index contributed by atoms with van der Waals surface area (Å²) >= 11 is 0. The molecule has 2 nitrogen and oxygen atoms in total. The van der Waals surface area contributed by atoms with Gasteiger partial charge in [-0.2, -0.15) is 0 Å². The van der Waals surface area contributed by atoms with Crippen molar-refractivity contribution in [3.8, 4) is 0 Å². The number of aryl methyl sites for hydroxylation is 2. The molecule has 0 heterocycles. The minimum absolute atomic E-state index is 1.15. The smallest absolute Gasteiger partial charge is 0.0305 e. The lowest BCUT2D eigenvalue weighted by Crippen LogP contribution is -1.82. The summed E-state index contributed by atoms with van der Waals surface area (Å²) in [6, 6.07) is 8.49. The Labute approximate surface area is 67.0 Å². The Balaban J connectivity index is 0.000000461. The van der Waals surface area contributed by atoms with Crippen LogP contribution in [-0.4, -0.2) is 10.5 Å². The van der Waals surface area contributed by atoms with Crippen LogP contribution in [0.2, 0.25) is 0 Å². The third-order valence-corrected chi connectivity index (χ3v) is 1.64. The lowest BCUT2D eigenvalue weighted by molar-refractivity contribution is -0.176. The van der Waals surface area contributed by atoms with E-state index in [-0.39, 0.29) is 0 Å². The van der Waals surface area contributed by atoms with Crippen LogP contribution in [0.25, 0.3) is 0 Å². The molecule has 2 N–H and O–H groups in total. The van der Waals surface area contributed by atoms with Crippen molar-refractivity contribution < 1.29 is 10.5 Å². The fraction of sp³-hybridized carbons (Fsp3) is 0.333. The van der Waals surface area contributed by atoms with Gasteiger partial charge in [-0.3, -0.25) is 10.5 Å². The fourth-order valence-electron chi connectivity index (χ4n) is 1.01. The summed E-state index contributed by atoms with van der Waals surface area (Å²) in [7, 11) is 0. The second-order valence-electron chi connectivity index (χ2n) is 2.28. The van der Waals surface area contributed by atoms with Crippen molar-refractivity contribution in [3.05, 3.63) is 35.4 Å². The predicted molar refractivity (Wildman–Crippen MR) is 45.8 cm³/mol. The van der Waals surface area contributed by atoms with Crippen molar-refractivity contribution in [3.63, 3.8) is 0 Å². The molecule has 0 unspecified atom stereocenters. The van der Waals surface area contributed by atoms with Gasteiger partial charge in [-0.05, 0) is 24.5 Å². The summed E-state index contributed by atoms with van der Waals surface area (Å²) < 4.78 is 0. The summed E-state index contributed by atoms with van der Waals surface area (Å²) in [5.74, 6) is 0. The molecule has 1 aromatic carbocycles. The Kier molecular flexibility index (Phi) is 5.43. The highest BCUT2D eigenvalue weighted by molar-refractivity contribution is 5.24. The Morgan fingerprint density at radius 3 is 2.09 bits per heavy atom. The first-order chi connectivity index (χ1) is 5.34. The SMILES string of the molecule is CCc1ccccc1C.OO. The van der Waals surface area contributed by atoms with Gasteiger partial charge in [0, 0.05) is 0 Å². The van der Waals surface area contributed by atoms with Crippen LogP contribution in [0.4, 0.5) is 0 Å². The molecule has 0 amide bonds. The largest absolute Gasteiger partial charge is 0.255 e. The minimum Gasteiger partial charge on any atom is -0.255 e. The van der Waals surface area contributed by atoms with Gasteiger partial charge in [-0.1, -0.05) is 31.2 Å². The van der Waals surface area contributed by atoms with Gasteiger partial charge in [0.1, 0.15) is 0 Å². The average Bonchev–Trinajstić information content (AvgIpc) is 2.09. The normalized spacial score (nSPS) is 8.36. The van der Waals surface area contributed by atoms with Crippen LogP contribution in [0.15, 0.2) is 24.3 Å². The van der Waals surface area contributed by atoms with E-state index in [1.807, 2.05) is 0 Å². The van der Waals surface area contributed by atoms with Gasteiger partial charge in [-0.15, -0.1) is 0 Å². The van der Waals surface area contributed by atoms with E-state index in [9.17, 15) is 0 Å². The van der Waals surface area contributed by atoms with Crippen molar-refractivity contribution in [1.82, 2.24) is 0 Å². The molecule has 0 aliphatic carbocycles. The highest BCUT2D eigenvalue weighted by atomic mass is 17.0. The number of rotatable bonds is 1. The monoisotopic (exact) mass is 154 g/mol. The molecular formula is C9H14O2. The molecule has 0 fully saturated rings. The van der Waals surface area contributed by atoms with Gasteiger partial charge >= 0.3 is 0 Å². The molecule has 0 atom stereocenters. The molecule has 0 radical (unpaired) electrons. The maximum Gasteiger partial charge on any atom is -0.0305 e. The van der Waals surface area contributed by atoms with E-state index in [1.165, 1.54) is 11.1 Å². The van der Waals surface area contributed by atoms with Crippen LogP contribution in [0.3, 0.4) is 0 Å². The van der Waals surface area contributed by atoms with Crippen molar-refractivity contribution in [2.45, 2.75) is 20.3 Å². The van der Waals surface area contributed by atoms with Crippen LogP contribution < -0.4 is 0 Å². The lowest BCUT2D eigenvalue weighted by Gasteiger charge is -1.98. The first-order valence-corrected chi connectivity index (χ1v) is 3.59. The van der Waals surface area contributed by atoms with E-state index in [0.29, 0.717) is 0 Å². The Bertz CT molecular complexity index is 197. The highest BCUT2D eigenvalue weighted by Crippen LogP contribution is 2.06. The summed E-state index contributed by atoms with van der Waals surface area (Å²) in [5, 5.41) is 12.0. The van der Waals surface area contributed by atoms with E-state index >= 15 is 0 Å². The molecule has 0 saturated carbocycles. The highest BCUT2D eigenvalue weighted by Gasteiger charge is 1.89. The molecular weight excluding hydrogens is 140 g/mol. The van der Waals surface area contributed by atoms with Crippen LogP contribution >= 0.6 is 0 Å². The fourth-order valence-corrected chi connectivity index (χ4v) is 1.01. The molecule has 2 heteroatoms. The second kappa shape index (κ2) is 5.89. The van der Waals surface area contributed by atoms with Crippen LogP contribution in [0.5, 0.6) is 0 Å². The molecule has 0 aliphatic rings. The predicted octanol–water partition coefficient (Wildman–Crippen LogP) is 2.57. The zero-order valence-corrected chi connectivity index (χ0v) is 6.91. The summed E-state index contributed by atoms with van der Waals surface area (Å²) in [6.45, 7) is 4.33. The van der Waals surface area contributed by atoms with Gasteiger partial charge in [0.2, 0.25) is 0 Å². The standard InChI is InChI=1S/C9H12.H2O2/c1-3-9-7-5-4-6-8(9)2;1-2/h4-7H,3H2,1-2H3;1-2H. The van der Waals surface area contributed by atoms with Gasteiger partial charge in [0.05, 0.1) is 0 Å². The Hall–Kier alpha value is -0.860. The topological polar surface area (TPSA) is 40.5 Å². The summed E-state index contributed by atoms with van der Waals surface area (Å²) in [5.41, 5.74) is 2.86. The van der Waals surface area contributed by atoms with E-state index < -0.39 is 0 Å². The van der Waals surface area contributed by atoms with Gasteiger partial charge in [0.25, 0.3) is 0 Å². The molecule has 0 aliphatic heterocycles. The van der Waals surface area contributed by atoms with Gasteiger partial charge < -0.3 is 0 Å². The van der Waals surface area contributed by atoms with E-state index in [2.05, 4.69) is 38.1 Å². The van der Waals surface area contributed by atoms with E-state index in [0.717, 1.165) is 6.42 Å². The van der Waals surface area contributed by atoms with Crippen LogP contribution in [0, 0.1) is 6.92 Å². The quantitative estimate of drug-likeness (QED) is 0.482. The first kappa shape index (κ1) is 10.1. The van der Waals surface area contributed by atoms with Crippen LogP contribution in [-0.2, 0) is 6.42 Å². The third-order valence-electron chi connectivity index (χ3n) is 1.64. The molecule has 1 aromatic rings. The maximum atomic E-state index is 6.00. The van der Waals surface area contributed by atoms with Crippen molar-refractivity contribution in [2.75, 3.05) is 0 Å². The van der Waals surface area contributed by atoms with Gasteiger partial charge in [0.15, 0.2) is 0 Å². The molecule has 0 saturated heterocycles. The molecule has 0 aromatic heterocycles. The lowest BCUT2D eigenvalue weighted by atomic mass is 10.1. The van der Waals surface area contributed by atoms with Crippen LogP contribution in [0.1, 0.15) is 18.1 Å². The van der Waals surface area contributed by atoms with Crippen molar-refractivity contribution in [2.24, 2.45) is 0 Å².